The summed E-state index contributed by atoms with van der Waals surface area (Å²) in [4.78, 5) is 2.31. The molecular formula is C18H21F3N4O. The molecule has 0 unspecified atom stereocenters. The van der Waals surface area contributed by atoms with Crippen molar-refractivity contribution in [3.05, 3.63) is 53.9 Å². The van der Waals surface area contributed by atoms with Gasteiger partial charge in [0.1, 0.15) is 11.5 Å². The van der Waals surface area contributed by atoms with Gasteiger partial charge >= 0.3 is 6.18 Å². The molecule has 0 bridgehead atoms. The van der Waals surface area contributed by atoms with Gasteiger partial charge in [0, 0.05) is 31.2 Å². The lowest BCUT2D eigenvalue weighted by Gasteiger charge is -2.26. The minimum atomic E-state index is -4.57. The molecule has 1 aliphatic heterocycles. The largest absolute Gasteiger partial charge is 0.430 e. The Labute approximate surface area is 149 Å². The second kappa shape index (κ2) is 7.43. The molecule has 0 aliphatic carbocycles. The average Bonchev–Trinajstić information content (AvgIpc) is 3.04. The average molecular weight is 366 g/mol. The smallest absolute Gasteiger partial charge is 0.395 e. The highest BCUT2D eigenvalue weighted by atomic mass is 19.4. The van der Waals surface area contributed by atoms with E-state index in [1.54, 1.807) is 10.8 Å². The van der Waals surface area contributed by atoms with Crippen LogP contribution < -0.4 is 11.5 Å². The standard InChI is InChI=1S/C18H21F3N4O/c19-18(20,21)16(22)4-5-17(23)25-7-6-14-13(2-1-3-15(14)25)12-24-8-10-26-11-9-24/h1-7H,8-12,22-23H2/b16-4-,17-5+. The lowest BCUT2D eigenvalue weighted by Crippen LogP contribution is -2.35. The first-order valence-corrected chi connectivity index (χ1v) is 8.26. The van der Waals surface area contributed by atoms with Gasteiger partial charge in [0.05, 0.1) is 18.7 Å². The number of rotatable bonds is 4. The van der Waals surface area contributed by atoms with E-state index in [0.29, 0.717) is 0 Å². The van der Waals surface area contributed by atoms with Crippen LogP contribution in [0.5, 0.6) is 0 Å². The van der Waals surface area contributed by atoms with E-state index in [9.17, 15) is 13.2 Å². The third-order valence-corrected chi connectivity index (χ3v) is 4.36. The number of benzene rings is 1. The van der Waals surface area contributed by atoms with E-state index >= 15 is 0 Å². The highest BCUT2D eigenvalue weighted by Gasteiger charge is 2.30. The van der Waals surface area contributed by atoms with Crippen LogP contribution in [0.4, 0.5) is 13.2 Å². The van der Waals surface area contributed by atoms with E-state index in [1.165, 1.54) is 0 Å². The molecule has 1 saturated heterocycles. The Morgan fingerprint density at radius 1 is 1.12 bits per heavy atom. The van der Waals surface area contributed by atoms with Gasteiger partial charge in [-0.05, 0) is 29.8 Å². The molecule has 1 fully saturated rings. The SMILES string of the molecule is N/C(=C\C=C(/N)n1ccc2c(CN3CCOCC3)cccc21)C(F)(F)F. The number of halogens is 3. The van der Waals surface area contributed by atoms with Crippen molar-refractivity contribution >= 4 is 16.7 Å². The quantitative estimate of drug-likeness (QED) is 0.817. The van der Waals surface area contributed by atoms with Crippen LogP contribution in [0.15, 0.2) is 48.3 Å². The Hall–Kier alpha value is -2.45. The molecule has 0 amide bonds. The van der Waals surface area contributed by atoms with Gasteiger partial charge in [0.25, 0.3) is 0 Å². The number of fused-ring (bicyclic) bond motifs is 1. The molecule has 1 aromatic heterocycles. The fourth-order valence-electron chi connectivity index (χ4n) is 2.94. The molecule has 2 aromatic rings. The number of alkyl halides is 3. The zero-order valence-corrected chi connectivity index (χ0v) is 14.2. The molecule has 0 saturated carbocycles. The van der Waals surface area contributed by atoms with Crippen LogP contribution in [-0.4, -0.2) is 41.9 Å². The number of ether oxygens (including phenoxy) is 1. The van der Waals surface area contributed by atoms with Crippen molar-refractivity contribution in [2.24, 2.45) is 11.5 Å². The van der Waals surface area contributed by atoms with Crippen LogP contribution in [0.3, 0.4) is 0 Å². The third kappa shape index (κ3) is 4.03. The van der Waals surface area contributed by atoms with E-state index in [1.807, 2.05) is 24.3 Å². The number of aromatic nitrogens is 1. The molecule has 5 nitrogen and oxygen atoms in total. The summed E-state index contributed by atoms with van der Waals surface area (Å²) in [5, 5.41) is 1.02. The van der Waals surface area contributed by atoms with Gasteiger partial charge in [-0.3, -0.25) is 4.90 Å². The number of nitrogens with zero attached hydrogens (tertiary/aromatic N) is 2. The number of allylic oxidation sites excluding steroid dienone is 3. The molecule has 1 aliphatic rings. The van der Waals surface area contributed by atoms with E-state index < -0.39 is 11.9 Å². The Morgan fingerprint density at radius 2 is 1.85 bits per heavy atom. The fourth-order valence-corrected chi connectivity index (χ4v) is 2.94. The minimum Gasteiger partial charge on any atom is -0.395 e. The van der Waals surface area contributed by atoms with Crippen LogP contribution >= 0.6 is 0 Å². The molecule has 140 valence electrons. The van der Waals surface area contributed by atoms with Gasteiger partial charge in [0.2, 0.25) is 0 Å². The third-order valence-electron chi connectivity index (χ3n) is 4.36. The van der Waals surface area contributed by atoms with Gasteiger partial charge < -0.3 is 20.8 Å². The van der Waals surface area contributed by atoms with Gasteiger partial charge in [-0.1, -0.05) is 12.1 Å². The molecule has 0 spiro atoms. The second-order valence-corrected chi connectivity index (χ2v) is 6.14. The molecule has 0 radical (unpaired) electrons. The van der Waals surface area contributed by atoms with Gasteiger partial charge in [-0.15, -0.1) is 0 Å². The van der Waals surface area contributed by atoms with E-state index in [-0.39, 0.29) is 5.82 Å². The monoisotopic (exact) mass is 366 g/mol. The van der Waals surface area contributed by atoms with E-state index in [0.717, 1.165) is 61.5 Å². The second-order valence-electron chi connectivity index (χ2n) is 6.14. The highest BCUT2D eigenvalue weighted by Crippen LogP contribution is 2.24. The number of nitrogens with two attached hydrogens (primary N) is 2. The Balaban J connectivity index is 1.88. The van der Waals surface area contributed by atoms with Crippen molar-refractivity contribution in [3.8, 4) is 0 Å². The molecule has 2 heterocycles. The summed E-state index contributed by atoms with van der Waals surface area (Å²) in [5.74, 6) is 0.163. The first-order chi connectivity index (χ1) is 12.4. The predicted molar refractivity (Wildman–Crippen MR) is 94.8 cm³/mol. The summed E-state index contributed by atoms with van der Waals surface area (Å²) in [6.07, 6.45) is -0.881. The molecular weight excluding hydrogens is 345 g/mol. The number of hydrogen-bond donors (Lipinski definition) is 2. The van der Waals surface area contributed by atoms with Crippen molar-refractivity contribution < 1.29 is 17.9 Å². The molecule has 1 aromatic carbocycles. The molecule has 0 atom stereocenters. The summed E-state index contributed by atoms with van der Waals surface area (Å²) < 4.78 is 44.5. The lowest BCUT2D eigenvalue weighted by molar-refractivity contribution is -0.0926. The van der Waals surface area contributed by atoms with Gasteiger partial charge in [0.15, 0.2) is 0 Å². The lowest BCUT2D eigenvalue weighted by atomic mass is 10.1. The summed E-state index contributed by atoms with van der Waals surface area (Å²) in [7, 11) is 0. The zero-order chi connectivity index (χ0) is 18.7. The fraction of sp³-hybridized carbons (Fsp3) is 0.333. The maximum Gasteiger partial charge on any atom is 0.430 e. The number of morpholine rings is 1. The zero-order valence-electron chi connectivity index (χ0n) is 14.2. The van der Waals surface area contributed by atoms with E-state index in [4.69, 9.17) is 16.2 Å². The Kier molecular flexibility index (Phi) is 5.24. The summed E-state index contributed by atoms with van der Waals surface area (Å²) in [6.45, 7) is 3.98. The maximum absolute atomic E-state index is 12.5. The highest BCUT2D eigenvalue weighted by molar-refractivity contribution is 5.86. The molecule has 8 heteroatoms. The van der Waals surface area contributed by atoms with Crippen molar-refractivity contribution in [3.63, 3.8) is 0 Å². The maximum atomic E-state index is 12.5. The molecule has 3 rings (SSSR count). The van der Waals surface area contributed by atoms with Crippen LogP contribution in [0, 0.1) is 0 Å². The van der Waals surface area contributed by atoms with Crippen LogP contribution in [0.2, 0.25) is 0 Å². The normalized spacial score (nSPS) is 17.8. The van der Waals surface area contributed by atoms with Crippen molar-refractivity contribution in [2.45, 2.75) is 12.7 Å². The van der Waals surface area contributed by atoms with Crippen molar-refractivity contribution in [2.75, 3.05) is 26.3 Å². The van der Waals surface area contributed by atoms with E-state index in [2.05, 4.69) is 4.90 Å². The summed E-state index contributed by atoms with van der Waals surface area (Å²) in [6, 6.07) is 7.77. The number of hydrogen-bond acceptors (Lipinski definition) is 4. The summed E-state index contributed by atoms with van der Waals surface area (Å²) in [5.41, 5.74) is 11.8. The topological polar surface area (TPSA) is 69.4 Å². The van der Waals surface area contributed by atoms with Crippen LogP contribution in [0.25, 0.3) is 16.7 Å². The Bertz CT molecular complexity index is 833. The first-order valence-electron chi connectivity index (χ1n) is 8.26. The van der Waals surface area contributed by atoms with Gasteiger partial charge in [-0.25, -0.2) is 0 Å². The molecule has 4 N–H and O–H groups in total. The van der Waals surface area contributed by atoms with Crippen LogP contribution in [-0.2, 0) is 11.3 Å². The van der Waals surface area contributed by atoms with Crippen LogP contribution in [0.1, 0.15) is 5.56 Å². The Morgan fingerprint density at radius 3 is 2.54 bits per heavy atom. The van der Waals surface area contributed by atoms with Gasteiger partial charge in [-0.2, -0.15) is 13.2 Å². The molecule has 26 heavy (non-hydrogen) atoms. The first kappa shape index (κ1) is 18.3. The minimum absolute atomic E-state index is 0.163. The van der Waals surface area contributed by atoms with Crippen molar-refractivity contribution in [1.82, 2.24) is 9.47 Å². The predicted octanol–water partition coefficient (Wildman–Crippen LogP) is 2.64. The summed E-state index contributed by atoms with van der Waals surface area (Å²) >= 11 is 0. The van der Waals surface area contributed by atoms with Crippen molar-refractivity contribution in [1.29, 1.82) is 0 Å².